The van der Waals surface area contributed by atoms with Gasteiger partial charge in [-0.1, -0.05) is 34.1 Å². The third-order valence-electron chi connectivity index (χ3n) is 18.4. The molecule has 0 saturated heterocycles. The molecule has 6 atom stereocenters. The average molecular weight is 1190 g/mol. The minimum atomic E-state index is -6.58. The quantitative estimate of drug-likeness (QED) is 0.0990. The van der Waals surface area contributed by atoms with Crippen LogP contribution in [0.1, 0.15) is 165 Å². The van der Waals surface area contributed by atoms with Crippen LogP contribution in [0.15, 0.2) is 0 Å². The number of fused-ring (bicyclic) bond motifs is 2. The smallest absolute Gasteiger partial charge is 0.426 e. The first kappa shape index (κ1) is 70.3. The molecule has 79 heavy (non-hydrogen) atoms. The molecule has 0 radical (unpaired) electrons. The summed E-state index contributed by atoms with van der Waals surface area (Å²) < 4.78 is 250. The highest BCUT2D eigenvalue weighted by Gasteiger charge is 2.79. The molecule has 0 aromatic rings. The third kappa shape index (κ3) is 14.9. The SMILES string of the molecule is CCC(C)(C)C(=O)OC1(C)C2CC3CC(C2)CC1C3.CCC(C)(C)C(=O)OC1CC(C(O)(C(F)(F)F)C(F)(F)F)CC(C(O)(C(F)(F)F)C(F)(F)F)C1.CCC(C)C(=O)OC.OC(CC1CC2CCC1C2)(C(F)(F)F)C(F)(F)F. The Kier molecular flexibility index (Phi) is 21.6. The van der Waals surface area contributed by atoms with Crippen molar-refractivity contribution in [2.45, 2.75) is 231 Å². The number of hydrogen-bond acceptors (Lipinski definition) is 9. The summed E-state index contributed by atoms with van der Waals surface area (Å²) in [6.45, 7) is 15.9. The molecule has 464 valence electrons. The largest absolute Gasteiger partial charge is 0.469 e. The van der Waals surface area contributed by atoms with Crippen LogP contribution in [0.4, 0.5) is 79.0 Å². The molecule has 0 aromatic heterocycles. The Hall–Kier alpha value is -2.97. The lowest BCUT2D eigenvalue weighted by Gasteiger charge is -2.59. The van der Waals surface area contributed by atoms with Crippen molar-refractivity contribution in [2.75, 3.05) is 7.11 Å². The third-order valence-corrected chi connectivity index (χ3v) is 18.4. The molecule has 7 aliphatic rings. The molecule has 0 heterocycles. The predicted octanol–water partition coefficient (Wildman–Crippen LogP) is 14.5. The highest BCUT2D eigenvalue weighted by molar-refractivity contribution is 5.76. The normalized spacial score (nSPS) is 30.0. The van der Waals surface area contributed by atoms with Crippen molar-refractivity contribution in [2.24, 2.45) is 70.0 Å². The molecule has 7 aliphatic carbocycles. The summed E-state index contributed by atoms with van der Waals surface area (Å²) in [6.07, 6.45) is -35.6. The Labute approximate surface area is 448 Å². The van der Waals surface area contributed by atoms with Gasteiger partial charge in [0.2, 0.25) is 0 Å². The van der Waals surface area contributed by atoms with Gasteiger partial charge in [0.05, 0.1) is 23.9 Å². The summed E-state index contributed by atoms with van der Waals surface area (Å²) in [6, 6.07) is 0. The van der Waals surface area contributed by atoms with Gasteiger partial charge < -0.3 is 29.5 Å². The van der Waals surface area contributed by atoms with Gasteiger partial charge in [-0.2, -0.15) is 79.0 Å². The van der Waals surface area contributed by atoms with E-state index in [0.29, 0.717) is 31.1 Å². The number of ether oxygens (including phenoxy) is 3. The van der Waals surface area contributed by atoms with Gasteiger partial charge in [0.1, 0.15) is 11.7 Å². The van der Waals surface area contributed by atoms with E-state index < -0.39 is 115 Å². The molecule has 7 rings (SSSR count). The van der Waals surface area contributed by atoms with Gasteiger partial charge in [-0.05, 0) is 172 Å². The topological polar surface area (TPSA) is 140 Å². The van der Waals surface area contributed by atoms with E-state index in [0.717, 1.165) is 31.1 Å². The van der Waals surface area contributed by atoms with Crippen molar-refractivity contribution in [3.63, 3.8) is 0 Å². The van der Waals surface area contributed by atoms with Crippen molar-refractivity contribution in [3.05, 3.63) is 0 Å². The van der Waals surface area contributed by atoms with Gasteiger partial charge in [0.25, 0.3) is 16.8 Å². The molecule has 7 saturated carbocycles. The number of halogens is 18. The van der Waals surface area contributed by atoms with Crippen LogP contribution >= 0.6 is 0 Å². The Morgan fingerprint density at radius 1 is 0.532 bits per heavy atom. The van der Waals surface area contributed by atoms with Crippen LogP contribution in [0.25, 0.3) is 0 Å². The molecule has 6 unspecified atom stereocenters. The van der Waals surface area contributed by atoms with E-state index in [9.17, 15) is 104 Å². The summed E-state index contributed by atoms with van der Waals surface area (Å²) >= 11 is 0. The fourth-order valence-corrected chi connectivity index (χ4v) is 12.3. The van der Waals surface area contributed by atoms with Crippen LogP contribution in [-0.2, 0) is 28.6 Å². The Bertz CT molecular complexity index is 1930. The molecule has 3 N–H and O–H groups in total. The standard InChI is InChI=1S/C18H22F12O4.C17H28O2.C11H14F6O.C6H12O2/c1-4-12(2,3)11(31)34-10-6-8(13(32,15(19,20)21)16(22,23)24)5-9(7-10)14(33,17(25,26)27)18(28,29)30;1-5-16(2,3)15(18)19-17(4)13-7-11-6-12(9-13)10-14(17)8-11;12-10(13,14)9(18,11(15,16)17)5-8-4-6-1-2-7(8)3-6;1-4-5(2)6(7)8-3/h8-10,32-33H,4-7H2,1-3H3;11-14H,5-10H2,1-4H3;6-8,18H,1-5H2;5H,4H2,1-3H3. The van der Waals surface area contributed by atoms with Crippen LogP contribution in [0, 0.1) is 70.0 Å². The van der Waals surface area contributed by atoms with E-state index >= 15 is 0 Å². The first-order valence-corrected chi connectivity index (χ1v) is 26.5. The lowest BCUT2D eigenvalue weighted by molar-refractivity contribution is -0.405. The Morgan fingerprint density at radius 2 is 0.924 bits per heavy atom. The van der Waals surface area contributed by atoms with Crippen molar-refractivity contribution in [3.8, 4) is 0 Å². The number of aliphatic hydroxyl groups is 3. The van der Waals surface area contributed by atoms with Crippen LogP contribution in [0.2, 0.25) is 0 Å². The Morgan fingerprint density at radius 3 is 1.22 bits per heavy atom. The zero-order valence-electron chi connectivity index (χ0n) is 45.8. The van der Waals surface area contributed by atoms with Crippen molar-refractivity contribution >= 4 is 17.9 Å². The predicted molar refractivity (Wildman–Crippen MR) is 247 cm³/mol. The number of rotatable bonds is 12. The van der Waals surface area contributed by atoms with Gasteiger partial charge in [-0.15, -0.1) is 0 Å². The minimum Gasteiger partial charge on any atom is -0.469 e. The molecule has 27 heteroatoms. The molecule has 6 bridgehead atoms. The van der Waals surface area contributed by atoms with Crippen LogP contribution in [0.3, 0.4) is 0 Å². The fourth-order valence-electron chi connectivity index (χ4n) is 12.3. The summed E-state index contributed by atoms with van der Waals surface area (Å²) in [7, 11) is 1.41. The van der Waals surface area contributed by atoms with Gasteiger partial charge in [-0.25, -0.2) is 0 Å². The highest BCUT2D eigenvalue weighted by Crippen LogP contribution is 2.61. The first-order chi connectivity index (χ1) is 35.4. The van der Waals surface area contributed by atoms with E-state index in [-0.39, 0.29) is 47.1 Å². The van der Waals surface area contributed by atoms with Crippen LogP contribution in [-0.4, -0.2) is 106 Å². The van der Waals surface area contributed by atoms with E-state index in [4.69, 9.17) is 14.6 Å². The number of methoxy groups -OCH3 is 1. The van der Waals surface area contributed by atoms with Gasteiger partial charge >= 0.3 is 55.0 Å². The van der Waals surface area contributed by atoms with Gasteiger partial charge in [-0.3, -0.25) is 14.4 Å². The second-order valence-electron chi connectivity index (χ2n) is 24.3. The maximum absolute atomic E-state index is 13.3. The summed E-state index contributed by atoms with van der Waals surface area (Å²) in [4.78, 5) is 35.2. The molecule has 7 fully saturated rings. The van der Waals surface area contributed by atoms with E-state index in [1.165, 1.54) is 60.0 Å². The monoisotopic (exact) mass is 1190 g/mol. The molecule has 0 spiro atoms. The Balaban J connectivity index is 0.000000307. The lowest BCUT2D eigenvalue weighted by atomic mass is 9.50. The maximum atomic E-state index is 13.3. The van der Waals surface area contributed by atoms with E-state index in [2.05, 4.69) is 18.6 Å². The molecule has 0 amide bonds. The van der Waals surface area contributed by atoms with Crippen LogP contribution < -0.4 is 0 Å². The molecule has 0 aromatic carbocycles. The van der Waals surface area contributed by atoms with Crippen molar-refractivity contribution < 1.29 is 123 Å². The zero-order valence-corrected chi connectivity index (χ0v) is 45.8. The summed E-state index contributed by atoms with van der Waals surface area (Å²) in [5.74, 6) is -5.52. The maximum Gasteiger partial charge on any atom is 0.426 e. The van der Waals surface area contributed by atoms with Crippen molar-refractivity contribution in [1.29, 1.82) is 0 Å². The van der Waals surface area contributed by atoms with Crippen molar-refractivity contribution in [1.82, 2.24) is 0 Å². The number of hydrogen-bond donors (Lipinski definition) is 3. The summed E-state index contributed by atoms with van der Waals surface area (Å²) in [5, 5.41) is 28.4. The zero-order chi connectivity index (χ0) is 61.5. The molecule has 9 nitrogen and oxygen atoms in total. The second-order valence-corrected chi connectivity index (χ2v) is 24.3. The number of carbonyl (C=O) groups excluding carboxylic acids is 3. The van der Waals surface area contributed by atoms with Gasteiger partial charge in [0.15, 0.2) is 0 Å². The summed E-state index contributed by atoms with van der Waals surface area (Å²) in [5.41, 5.74) is -18.0. The molecular formula is C52H76F18O9. The second kappa shape index (κ2) is 24.3. The molecular weight excluding hydrogens is 1110 g/mol. The molecule has 0 aliphatic heterocycles. The lowest BCUT2D eigenvalue weighted by Crippen LogP contribution is -2.67. The number of esters is 3. The number of carbonyl (C=O) groups is 3. The fraction of sp³-hybridized carbons (Fsp3) is 0.942. The van der Waals surface area contributed by atoms with E-state index in [1.54, 1.807) is 0 Å². The van der Waals surface area contributed by atoms with Crippen LogP contribution in [0.5, 0.6) is 0 Å². The van der Waals surface area contributed by atoms with E-state index in [1.807, 2.05) is 27.7 Å². The average Bonchev–Trinajstić information content (AvgIpc) is 3.94. The first-order valence-electron chi connectivity index (χ1n) is 26.5. The highest BCUT2D eigenvalue weighted by atomic mass is 19.4. The minimum absolute atomic E-state index is 0.0184. The van der Waals surface area contributed by atoms with Gasteiger partial charge in [0, 0.05) is 11.8 Å². The number of alkyl halides is 18.